The number of hydrogen-bond acceptors (Lipinski definition) is 4. The predicted molar refractivity (Wildman–Crippen MR) is 95.2 cm³/mol. The molecule has 3 fully saturated rings. The minimum absolute atomic E-state index is 0.0171. The third-order valence-electron chi connectivity index (χ3n) is 5.90. The second-order valence-electron chi connectivity index (χ2n) is 7.65. The van der Waals surface area contributed by atoms with Gasteiger partial charge in [-0.2, -0.15) is 0 Å². The van der Waals surface area contributed by atoms with Gasteiger partial charge in [-0.3, -0.25) is 9.69 Å². The third-order valence-corrected chi connectivity index (χ3v) is 5.90. The minimum atomic E-state index is -0.0171. The Kier molecular flexibility index (Phi) is 5.06. The molecule has 0 radical (unpaired) electrons. The number of piperidine rings is 1. The van der Waals surface area contributed by atoms with Crippen LogP contribution in [0.2, 0.25) is 0 Å². The molecule has 0 bridgehead atoms. The molecule has 0 aromatic heterocycles. The van der Waals surface area contributed by atoms with Crippen LogP contribution in [0.3, 0.4) is 0 Å². The Labute approximate surface area is 149 Å². The van der Waals surface area contributed by atoms with Crippen LogP contribution in [-0.4, -0.2) is 56.5 Å². The Morgan fingerprint density at radius 3 is 2.44 bits per heavy atom. The first kappa shape index (κ1) is 17.0. The van der Waals surface area contributed by atoms with Gasteiger partial charge >= 0.3 is 0 Å². The van der Waals surface area contributed by atoms with E-state index in [0.717, 1.165) is 45.7 Å². The Bertz CT molecular complexity index is 574. The highest BCUT2D eigenvalue weighted by atomic mass is 16.7. The van der Waals surface area contributed by atoms with Crippen molar-refractivity contribution in [3.63, 3.8) is 0 Å². The largest absolute Gasteiger partial charge is 0.354 e. The number of nitrogens with one attached hydrogen (secondary N) is 1. The van der Waals surface area contributed by atoms with E-state index in [4.69, 9.17) is 9.47 Å². The summed E-state index contributed by atoms with van der Waals surface area (Å²) in [7, 11) is 0. The van der Waals surface area contributed by atoms with E-state index >= 15 is 0 Å². The number of likely N-dealkylation sites (tertiary alicyclic amines) is 1. The number of carbonyl (C=O) groups excluding carboxylic acids is 1. The van der Waals surface area contributed by atoms with Crippen LogP contribution in [0.15, 0.2) is 30.3 Å². The van der Waals surface area contributed by atoms with Crippen molar-refractivity contribution in [2.75, 3.05) is 39.4 Å². The van der Waals surface area contributed by atoms with Gasteiger partial charge < -0.3 is 14.8 Å². The van der Waals surface area contributed by atoms with E-state index in [-0.39, 0.29) is 17.6 Å². The van der Waals surface area contributed by atoms with Gasteiger partial charge in [0.1, 0.15) is 0 Å². The Hall–Kier alpha value is -1.43. The lowest BCUT2D eigenvalue weighted by Crippen LogP contribution is -2.44. The summed E-state index contributed by atoms with van der Waals surface area (Å²) in [6, 6.07) is 10.6. The normalized spacial score (nSPS) is 24.3. The standard InChI is InChI=1S/C20H28N2O3/c23-18(21-15-20(8-9-20)17-4-2-1-3-5-17)14-22-10-6-16(7-11-22)19-24-12-13-25-19/h1-5,16,19H,6-15H2,(H,21,23). The van der Waals surface area contributed by atoms with E-state index in [1.165, 1.54) is 18.4 Å². The number of rotatable bonds is 6. The van der Waals surface area contributed by atoms with Crippen LogP contribution in [0, 0.1) is 5.92 Å². The maximum absolute atomic E-state index is 12.4. The number of ether oxygens (including phenoxy) is 2. The predicted octanol–water partition coefficient (Wildman–Crippen LogP) is 1.92. The van der Waals surface area contributed by atoms with E-state index in [1.54, 1.807) is 0 Å². The van der Waals surface area contributed by atoms with Gasteiger partial charge in [-0.25, -0.2) is 0 Å². The van der Waals surface area contributed by atoms with E-state index < -0.39 is 0 Å². The molecule has 1 N–H and O–H groups in total. The van der Waals surface area contributed by atoms with Crippen LogP contribution < -0.4 is 5.32 Å². The smallest absolute Gasteiger partial charge is 0.234 e. The molecule has 2 heterocycles. The van der Waals surface area contributed by atoms with Gasteiger partial charge in [0.25, 0.3) is 0 Å². The van der Waals surface area contributed by atoms with Crippen molar-refractivity contribution in [3.8, 4) is 0 Å². The second-order valence-corrected chi connectivity index (χ2v) is 7.65. The molecular formula is C20H28N2O3. The fourth-order valence-electron chi connectivity index (χ4n) is 4.07. The molecule has 1 aromatic rings. The first-order valence-electron chi connectivity index (χ1n) is 9.53. The summed E-state index contributed by atoms with van der Waals surface area (Å²) < 4.78 is 11.2. The molecule has 4 rings (SSSR count). The maximum Gasteiger partial charge on any atom is 0.234 e. The Morgan fingerprint density at radius 2 is 1.80 bits per heavy atom. The number of benzene rings is 1. The third kappa shape index (κ3) is 4.05. The van der Waals surface area contributed by atoms with Gasteiger partial charge in [-0.05, 0) is 44.3 Å². The van der Waals surface area contributed by atoms with Crippen LogP contribution in [0.1, 0.15) is 31.2 Å². The molecular weight excluding hydrogens is 316 g/mol. The molecule has 1 aliphatic carbocycles. The second kappa shape index (κ2) is 7.44. The van der Waals surface area contributed by atoms with E-state index in [9.17, 15) is 4.79 Å². The molecule has 1 aromatic carbocycles. The maximum atomic E-state index is 12.4. The average Bonchev–Trinajstić information content (AvgIpc) is 3.25. The number of amides is 1. The van der Waals surface area contributed by atoms with Crippen molar-refractivity contribution < 1.29 is 14.3 Å². The van der Waals surface area contributed by atoms with Crippen LogP contribution in [-0.2, 0) is 19.7 Å². The summed E-state index contributed by atoms with van der Waals surface area (Å²) in [4.78, 5) is 14.6. The molecule has 136 valence electrons. The molecule has 2 saturated heterocycles. The van der Waals surface area contributed by atoms with Crippen LogP contribution >= 0.6 is 0 Å². The zero-order chi connectivity index (χ0) is 17.1. The first-order chi connectivity index (χ1) is 12.3. The lowest BCUT2D eigenvalue weighted by atomic mass is 9.95. The summed E-state index contributed by atoms with van der Waals surface area (Å²) in [6.45, 7) is 4.60. The molecule has 1 saturated carbocycles. The molecule has 5 heteroatoms. The van der Waals surface area contributed by atoms with Gasteiger partial charge in [0, 0.05) is 17.9 Å². The van der Waals surface area contributed by atoms with Crippen molar-refractivity contribution in [1.29, 1.82) is 0 Å². The monoisotopic (exact) mass is 344 g/mol. The number of hydrogen-bond donors (Lipinski definition) is 1. The van der Waals surface area contributed by atoms with E-state index in [0.29, 0.717) is 12.5 Å². The van der Waals surface area contributed by atoms with E-state index in [2.05, 4.69) is 34.5 Å². The lowest BCUT2D eigenvalue weighted by molar-refractivity contribution is -0.124. The summed E-state index contributed by atoms with van der Waals surface area (Å²) in [5.74, 6) is 0.628. The summed E-state index contributed by atoms with van der Waals surface area (Å²) >= 11 is 0. The lowest BCUT2D eigenvalue weighted by Gasteiger charge is -2.33. The van der Waals surface area contributed by atoms with Gasteiger partial charge in [0.2, 0.25) is 5.91 Å². The molecule has 0 atom stereocenters. The molecule has 3 aliphatic rings. The van der Waals surface area contributed by atoms with Gasteiger partial charge in [0.05, 0.1) is 19.8 Å². The topological polar surface area (TPSA) is 50.8 Å². The highest BCUT2D eigenvalue weighted by molar-refractivity contribution is 5.78. The molecule has 0 spiro atoms. The number of nitrogens with zero attached hydrogens (tertiary/aromatic N) is 1. The van der Waals surface area contributed by atoms with Crippen molar-refractivity contribution in [2.45, 2.75) is 37.4 Å². The zero-order valence-electron chi connectivity index (χ0n) is 14.8. The minimum Gasteiger partial charge on any atom is -0.354 e. The highest BCUT2D eigenvalue weighted by Gasteiger charge is 2.44. The summed E-state index contributed by atoms with van der Waals surface area (Å²) in [6.07, 6.45) is 4.42. The van der Waals surface area contributed by atoms with E-state index in [1.807, 2.05) is 6.07 Å². The Morgan fingerprint density at radius 1 is 1.12 bits per heavy atom. The molecule has 0 unspecified atom stereocenters. The van der Waals surface area contributed by atoms with Crippen molar-refractivity contribution in [1.82, 2.24) is 10.2 Å². The van der Waals surface area contributed by atoms with Gasteiger partial charge in [0.15, 0.2) is 6.29 Å². The van der Waals surface area contributed by atoms with Crippen molar-refractivity contribution in [3.05, 3.63) is 35.9 Å². The fourth-order valence-corrected chi connectivity index (χ4v) is 4.07. The van der Waals surface area contributed by atoms with Gasteiger partial charge in [-0.15, -0.1) is 0 Å². The molecule has 25 heavy (non-hydrogen) atoms. The molecule has 1 amide bonds. The molecule has 2 aliphatic heterocycles. The SMILES string of the molecule is O=C(CN1CCC(C2OCCO2)CC1)NCC1(c2ccccc2)CC1. The fraction of sp³-hybridized carbons (Fsp3) is 0.650. The molecule has 5 nitrogen and oxygen atoms in total. The quantitative estimate of drug-likeness (QED) is 0.857. The number of carbonyl (C=O) groups is 1. The zero-order valence-corrected chi connectivity index (χ0v) is 14.8. The van der Waals surface area contributed by atoms with Gasteiger partial charge in [-0.1, -0.05) is 30.3 Å². The van der Waals surface area contributed by atoms with Crippen molar-refractivity contribution >= 4 is 5.91 Å². The Balaban J connectivity index is 1.20. The van der Waals surface area contributed by atoms with Crippen LogP contribution in [0.4, 0.5) is 0 Å². The summed E-state index contributed by atoms with van der Waals surface area (Å²) in [5.41, 5.74) is 1.54. The average molecular weight is 344 g/mol. The summed E-state index contributed by atoms with van der Waals surface area (Å²) in [5, 5.41) is 3.17. The first-order valence-corrected chi connectivity index (χ1v) is 9.53. The van der Waals surface area contributed by atoms with Crippen LogP contribution in [0.5, 0.6) is 0 Å². The van der Waals surface area contributed by atoms with Crippen molar-refractivity contribution in [2.24, 2.45) is 5.92 Å². The van der Waals surface area contributed by atoms with Crippen LogP contribution in [0.25, 0.3) is 0 Å². The highest BCUT2D eigenvalue weighted by Crippen LogP contribution is 2.47.